The first kappa shape index (κ1) is 12.4. The quantitative estimate of drug-likeness (QED) is 0.630. The molecule has 14 heavy (non-hydrogen) atoms. The summed E-state index contributed by atoms with van der Waals surface area (Å²) in [6, 6.07) is 1.83. The predicted molar refractivity (Wildman–Crippen MR) is 62.3 cm³/mol. The highest BCUT2D eigenvalue weighted by atomic mass is 14.9. The maximum atomic E-state index is 5.50. The zero-order valence-electron chi connectivity index (χ0n) is 8.75. The SMILES string of the molecule is C=CCNc1cncc(N)c1.CNC. The molecule has 78 valence electrons. The van der Waals surface area contributed by atoms with E-state index < -0.39 is 0 Å². The highest BCUT2D eigenvalue weighted by Crippen LogP contribution is 2.08. The summed E-state index contributed by atoms with van der Waals surface area (Å²) < 4.78 is 0. The third-order valence-corrected chi connectivity index (χ3v) is 1.21. The van der Waals surface area contributed by atoms with Crippen LogP contribution in [0.5, 0.6) is 0 Å². The van der Waals surface area contributed by atoms with Gasteiger partial charge in [0.05, 0.1) is 17.6 Å². The van der Waals surface area contributed by atoms with Gasteiger partial charge in [0.15, 0.2) is 0 Å². The van der Waals surface area contributed by atoms with Crippen molar-refractivity contribution in [2.75, 3.05) is 31.7 Å². The lowest BCUT2D eigenvalue weighted by atomic mass is 10.4. The zero-order chi connectivity index (χ0) is 10.8. The molecule has 1 aromatic rings. The third kappa shape index (κ3) is 6.02. The van der Waals surface area contributed by atoms with Gasteiger partial charge in [-0.3, -0.25) is 4.98 Å². The van der Waals surface area contributed by atoms with E-state index in [1.807, 2.05) is 20.2 Å². The molecule has 0 fully saturated rings. The van der Waals surface area contributed by atoms with E-state index in [1.54, 1.807) is 18.5 Å². The van der Waals surface area contributed by atoms with E-state index in [2.05, 4.69) is 22.2 Å². The van der Waals surface area contributed by atoms with Crippen LogP contribution in [0, 0.1) is 0 Å². The zero-order valence-corrected chi connectivity index (χ0v) is 8.75. The second-order valence-electron chi connectivity index (χ2n) is 2.68. The van der Waals surface area contributed by atoms with E-state index in [-0.39, 0.29) is 0 Å². The summed E-state index contributed by atoms with van der Waals surface area (Å²) in [4.78, 5) is 3.92. The molecule has 1 aromatic heterocycles. The van der Waals surface area contributed by atoms with Crippen molar-refractivity contribution >= 4 is 11.4 Å². The number of nitrogens with one attached hydrogen (secondary N) is 2. The molecular weight excluding hydrogens is 176 g/mol. The van der Waals surface area contributed by atoms with Crippen LogP contribution in [0.1, 0.15) is 0 Å². The monoisotopic (exact) mass is 194 g/mol. The summed E-state index contributed by atoms with van der Waals surface area (Å²) in [7, 11) is 3.75. The van der Waals surface area contributed by atoms with Crippen LogP contribution < -0.4 is 16.4 Å². The van der Waals surface area contributed by atoms with Crippen molar-refractivity contribution in [1.82, 2.24) is 10.3 Å². The van der Waals surface area contributed by atoms with Gasteiger partial charge in [-0.1, -0.05) is 6.08 Å². The first-order valence-corrected chi connectivity index (χ1v) is 4.38. The molecule has 4 heteroatoms. The Labute approximate surface area is 85.2 Å². The van der Waals surface area contributed by atoms with Gasteiger partial charge in [-0.15, -0.1) is 6.58 Å². The summed E-state index contributed by atoms with van der Waals surface area (Å²) in [5.74, 6) is 0. The second-order valence-corrected chi connectivity index (χ2v) is 2.68. The van der Waals surface area contributed by atoms with E-state index in [4.69, 9.17) is 5.73 Å². The summed E-state index contributed by atoms with van der Waals surface area (Å²) in [5.41, 5.74) is 7.09. The molecule has 0 saturated carbocycles. The molecule has 0 unspecified atom stereocenters. The van der Waals surface area contributed by atoms with Crippen LogP contribution in [0.15, 0.2) is 31.1 Å². The maximum absolute atomic E-state index is 5.50. The standard InChI is InChI=1S/C8H11N3.C2H7N/c1-2-3-11-8-4-7(9)5-10-6-8;1-3-2/h2,4-6,11H,1,3,9H2;3H,1-2H3. The summed E-state index contributed by atoms with van der Waals surface area (Å²) >= 11 is 0. The minimum Gasteiger partial charge on any atom is -0.397 e. The Morgan fingerprint density at radius 1 is 1.50 bits per heavy atom. The van der Waals surface area contributed by atoms with Crippen LogP contribution in [-0.4, -0.2) is 25.6 Å². The molecule has 0 aliphatic heterocycles. The minimum atomic E-state index is 0.666. The first-order chi connectivity index (χ1) is 6.74. The number of rotatable bonds is 3. The third-order valence-electron chi connectivity index (χ3n) is 1.21. The fourth-order valence-electron chi connectivity index (χ4n) is 0.744. The summed E-state index contributed by atoms with van der Waals surface area (Å²) in [6.45, 7) is 4.31. The van der Waals surface area contributed by atoms with E-state index in [0.29, 0.717) is 5.69 Å². The van der Waals surface area contributed by atoms with Gasteiger partial charge >= 0.3 is 0 Å². The van der Waals surface area contributed by atoms with Crippen LogP contribution in [-0.2, 0) is 0 Å². The number of aromatic nitrogens is 1. The second kappa shape index (κ2) is 8.07. The van der Waals surface area contributed by atoms with Crippen molar-refractivity contribution < 1.29 is 0 Å². The maximum Gasteiger partial charge on any atom is 0.0549 e. The first-order valence-electron chi connectivity index (χ1n) is 4.38. The lowest BCUT2D eigenvalue weighted by Gasteiger charge is -2.01. The number of hydrogen-bond donors (Lipinski definition) is 3. The summed E-state index contributed by atoms with van der Waals surface area (Å²) in [5, 5.41) is 5.82. The molecule has 0 amide bonds. The Balaban J connectivity index is 0.000000500. The number of hydrogen-bond acceptors (Lipinski definition) is 4. The molecule has 0 aromatic carbocycles. The molecular formula is C10H18N4. The number of nitrogen functional groups attached to an aromatic ring is 1. The van der Waals surface area contributed by atoms with E-state index >= 15 is 0 Å². The topological polar surface area (TPSA) is 63.0 Å². The molecule has 4 N–H and O–H groups in total. The molecule has 0 aliphatic carbocycles. The smallest absolute Gasteiger partial charge is 0.0549 e. The fourth-order valence-corrected chi connectivity index (χ4v) is 0.744. The van der Waals surface area contributed by atoms with Gasteiger partial charge in [0.25, 0.3) is 0 Å². The Morgan fingerprint density at radius 3 is 2.64 bits per heavy atom. The average Bonchev–Trinajstić information content (AvgIpc) is 2.16. The van der Waals surface area contributed by atoms with E-state index in [9.17, 15) is 0 Å². The van der Waals surface area contributed by atoms with Gasteiger partial charge in [0.2, 0.25) is 0 Å². The summed E-state index contributed by atoms with van der Waals surface area (Å²) in [6.07, 6.45) is 5.11. The Kier molecular flexibility index (Phi) is 7.17. The largest absolute Gasteiger partial charge is 0.397 e. The molecule has 0 atom stereocenters. The molecule has 0 bridgehead atoms. The number of nitrogens with two attached hydrogens (primary N) is 1. The minimum absolute atomic E-state index is 0.666. The number of pyridine rings is 1. The normalized spacial score (nSPS) is 8.43. The molecule has 0 spiro atoms. The predicted octanol–water partition coefficient (Wildman–Crippen LogP) is 1.10. The van der Waals surface area contributed by atoms with Gasteiger partial charge in [-0.05, 0) is 20.2 Å². The van der Waals surface area contributed by atoms with E-state index in [1.165, 1.54) is 0 Å². The Morgan fingerprint density at radius 2 is 2.14 bits per heavy atom. The van der Waals surface area contributed by atoms with Gasteiger partial charge in [-0.2, -0.15) is 0 Å². The van der Waals surface area contributed by atoms with Crippen molar-refractivity contribution in [2.45, 2.75) is 0 Å². The molecule has 0 saturated heterocycles. The lowest BCUT2D eigenvalue weighted by Crippen LogP contribution is -1.98. The van der Waals surface area contributed by atoms with Crippen LogP contribution in [0.3, 0.4) is 0 Å². The molecule has 1 heterocycles. The number of anilines is 2. The Bertz CT molecular complexity index is 260. The van der Waals surface area contributed by atoms with Crippen molar-refractivity contribution in [3.05, 3.63) is 31.1 Å². The highest BCUT2D eigenvalue weighted by Gasteiger charge is 1.89. The van der Waals surface area contributed by atoms with Gasteiger partial charge < -0.3 is 16.4 Å². The van der Waals surface area contributed by atoms with Crippen LogP contribution in [0.4, 0.5) is 11.4 Å². The average molecular weight is 194 g/mol. The number of nitrogens with zero attached hydrogens (tertiary/aromatic N) is 1. The van der Waals surface area contributed by atoms with E-state index in [0.717, 1.165) is 12.2 Å². The molecule has 0 aliphatic rings. The van der Waals surface area contributed by atoms with Crippen molar-refractivity contribution in [2.24, 2.45) is 0 Å². The van der Waals surface area contributed by atoms with Gasteiger partial charge in [-0.25, -0.2) is 0 Å². The molecule has 1 rings (SSSR count). The van der Waals surface area contributed by atoms with Crippen molar-refractivity contribution in [3.63, 3.8) is 0 Å². The highest BCUT2D eigenvalue weighted by molar-refractivity contribution is 5.51. The van der Waals surface area contributed by atoms with Crippen molar-refractivity contribution in [3.8, 4) is 0 Å². The molecule has 0 radical (unpaired) electrons. The Hall–Kier alpha value is -1.55. The molecule has 4 nitrogen and oxygen atoms in total. The fraction of sp³-hybridized carbons (Fsp3) is 0.300. The van der Waals surface area contributed by atoms with Crippen molar-refractivity contribution in [1.29, 1.82) is 0 Å². The van der Waals surface area contributed by atoms with Gasteiger partial charge in [0, 0.05) is 12.7 Å². The van der Waals surface area contributed by atoms with Gasteiger partial charge in [0.1, 0.15) is 0 Å². The van der Waals surface area contributed by atoms with Crippen LogP contribution in [0.25, 0.3) is 0 Å². The van der Waals surface area contributed by atoms with Crippen LogP contribution >= 0.6 is 0 Å². The lowest BCUT2D eigenvalue weighted by molar-refractivity contribution is 1.02. The van der Waals surface area contributed by atoms with Crippen LogP contribution in [0.2, 0.25) is 0 Å².